The molecule has 11 heteroatoms. The number of hydrogen-bond acceptors (Lipinski definition) is 9. The van der Waals surface area contributed by atoms with Crippen molar-refractivity contribution in [3.63, 3.8) is 0 Å². The fourth-order valence-corrected chi connectivity index (χ4v) is 3.99. The number of nitrogens with zero attached hydrogens (tertiary/aromatic N) is 1. The molecule has 0 aliphatic rings. The Bertz CT molecular complexity index is 1110. The van der Waals surface area contributed by atoms with Crippen molar-refractivity contribution in [2.45, 2.75) is 0 Å². The minimum Gasteiger partial charge on any atom is -0.497 e. The lowest BCUT2D eigenvalue weighted by Gasteiger charge is -2.14. The second kappa shape index (κ2) is 9.67. The fourth-order valence-electron chi connectivity index (χ4n) is 2.82. The van der Waals surface area contributed by atoms with E-state index in [4.69, 9.17) is 35.9 Å². The molecule has 0 fully saturated rings. The number of carbonyl (C=O) groups is 1. The zero-order chi connectivity index (χ0) is 22.5. The van der Waals surface area contributed by atoms with E-state index in [1.165, 1.54) is 44.8 Å². The third-order valence-electron chi connectivity index (χ3n) is 4.26. The Labute approximate surface area is 188 Å². The first-order valence-electron chi connectivity index (χ1n) is 8.88. The summed E-state index contributed by atoms with van der Waals surface area (Å²) in [6.07, 6.45) is 0. The number of anilines is 1. The van der Waals surface area contributed by atoms with Crippen molar-refractivity contribution in [2.24, 2.45) is 0 Å². The van der Waals surface area contributed by atoms with Crippen molar-refractivity contribution >= 4 is 49.9 Å². The Morgan fingerprint density at radius 3 is 2.10 bits per heavy atom. The molecule has 9 nitrogen and oxygen atoms in total. The van der Waals surface area contributed by atoms with Crippen LogP contribution in [0.2, 0.25) is 0 Å². The van der Waals surface area contributed by atoms with E-state index in [1.54, 1.807) is 20.3 Å². The maximum Gasteiger partial charge on any atom is 0.257 e. The number of fused-ring (bicyclic) bond motifs is 1. The van der Waals surface area contributed by atoms with Crippen LogP contribution in [0.3, 0.4) is 0 Å². The maximum absolute atomic E-state index is 12.7. The highest BCUT2D eigenvalue weighted by molar-refractivity contribution is 7.80. The smallest absolute Gasteiger partial charge is 0.257 e. The molecule has 0 saturated carbocycles. The predicted octanol–water partition coefficient (Wildman–Crippen LogP) is 3.47. The van der Waals surface area contributed by atoms with Gasteiger partial charge in [0.25, 0.3) is 5.91 Å². The van der Waals surface area contributed by atoms with Gasteiger partial charge in [-0.1, -0.05) is 11.3 Å². The summed E-state index contributed by atoms with van der Waals surface area (Å²) in [5.74, 6) is 1.89. The van der Waals surface area contributed by atoms with E-state index in [-0.39, 0.29) is 10.7 Å². The van der Waals surface area contributed by atoms with E-state index in [2.05, 4.69) is 15.6 Å². The Kier molecular flexibility index (Phi) is 6.98. The highest BCUT2D eigenvalue weighted by atomic mass is 32.1. The standard InChI is InChI=1S/C20H21N3O6S2/c1-25-11-8-12(26-2)16-15(9-11)31-20(21-16)23-19(30)22-18(24)10-6-13(27-3)17(29-5)14(7-10)28-4/h6-9H,1-5H3,(H2,21,22,23,24,30). The molecular formula is C20H21N3O6S2. The Morgan fingerprint density at radius 1 is 0.903 bits per heavy atom. The van der Waals surface area contributed by atoms with Gasteiger partial charge >= 0.3 is 0 Å². The molecule has 0 spiro atoms. The topological polar surface area (TPSA) is 100 Å². The van der Waals surface area contributed by atoms with Crippen molar-refractivity contribution in [1.82, 2.24) is 10.3 Å². The molecule has 2 aromatic carbocycles. The Hall–Kier alpha value is -3.31. The summed E-state index contributed by atoms with van der Waals surface area (Å²) in [6.45, 7) is 0. The number of rotatable bonds is 7. The summed E-state index contributed by atoms with van der Waals surface area (Å²) in [6, 6.07) is 6.66. The van der Waals surface area contributed by atoms with E-state index in [9.17, 15) is 4.79 Å². The lowest BCUT2D eigenvalue weighted by Crippen LogP contribution is -2.34. The number of carbonyl (C=O) groups excluding carboxylic acids is 1. The van der Waals surface area contributed by atoms with Gasteiger partial charge in [-0.15, -0.1) is 0 Å². The molecule has 0 atom stereocenters. The molecule has 3 rings (SSSR count). The van der Waals surface area contributed by atoms with Gasteiger partial charge in [0.05, 0.1) is 40.2 Å². The quantitative estimate of drug-likeness (QED) is 0.510. The van der Waals surface area contributed by atoms with Crippen LogP contribution in [0.25, 0.3) is 10.2 Å². The molecule has 31 heavy (non-hydrogen) atoms. The van der Waals surface area contributed by atoms with Crippen molar-refractivity contribution in [3.05, 3.63) is 29.8 Å². The highest BCUT2D eigenvalue weighted by Crippen LogP contribution is 2.38. The second-order valence-electron chi connectivity index (χ2n) is 6.02. The molecular weight excluding hydrogens is 442 g/mol. The van der Waals surface area contributed by atoms with Crippen LogP contribution in [0, 0.1) is 0 Å². The molecule has 0 saturated heterocycles. The summed E-state index contributed by atoms with van der Waals surface area (Å²) in [7, 11) is 7.57. The number of benzene rings is 2. The van der Waals surface area contributed by atoms with Crippen molar-refractivity contribution < 1.29 is 28.5 Å². The van der Waals surface area contributed by atoms with Gasteiger partial charge in [-0.2, -0.15) is 0 Å². The number of hydrogen-bond donors (Lipinski definition) is 2. The van der Waals surface area contributed by atoms with E-state index < -0.39 is 5.91 Å². The SMILES string of the molecule is COc1cc(OC)c2nc(NC(=S)NC(=O)c3cc(OC)c(OC)c(OC)c3)sc2c1. The lowest BCUT2D eigenvalue weighted by atomic mass is 10.1. The van der Waals surface area contributed by atoms with Gasteiger partial charge in [0.2, 0.25) is 5.75 Å². The summed E-state index contributed by atoms with van der Waals surface area (Å²) in [5.41, 5.74) is 0.948. The molecule has 0 radical (unpaired) electrons. The Balaban J connectivity index is 1.79. The van der Waals surface area contributed by atoms with Crippen LogP contribution in [0.1, 0.15) is 10.4 Å². The van der Waals surface area contributed by atoms with Gasteiger partial charge in [-0.05, 0) is 30.4 Å². The molecule has 3 aromatic rings. The zero-order valence-corrected chi connectivity index (χ0v) is 19.2. The van der Waals surface area contributed by atoms with Gasteiger partial charge in [-0.25, -0.2) is 4.98 Å². The molecule has 164 valence electrons. The molecule has 0 unspecified atom stereocenters. The lowest BCUT2D eigenvalue weighted by molar-refractivity contribution is 0.0977. The van der Waals surface area contributed by atoms with Gasteiger partial charge in [-0.3, -0.25) is 10.1 Å². The summed E-state index contributed by atoms with van der Waals surface area (Å²) >= 11 is 6.63. The number of aromatic nitrogens is 1. The first-order valence-corrected chi connectivity index (χ1v) is 10.1. The van der Waals surface area contributed by atoms with Gasteiger partial charge in [0.15, 0.2) is 21.7 Å². The maximum atomic E-state index is 12.7. The molecule has 2 N–H and O–H groups in total. The summed E-state index contributed by atoms with van der Waals surface area (Å²) in [5, 5.41) is 6.13. The van der Waals surface area contributed by atoms with Crippen LogP contribution in [0.4, 0.5) is 5.13 Å². The van der Waals surface area contributed by atoms with Crippen molar-refractivity contribution in [3.8, 4) is 28.7 Å². The molecule has 1 heterocycles. The van der Waals surface area contributed by atoms with Crippen LogP contribution in [0.5, 0.6) is 28.7 Å². The minimum absolute atomic E-state index is 0.0868. The third kappa shape index (κ3) is 4.72. The monoisotopic (exact) mass is 463 g/mol. The average molecular weight is 464 g/mol. The first kappa shape index (κ1) is 22.4. The summed E-state index contributed by atoms with van der Waals surface area (Å²) < 4.78 is 27.3. The molecule has 0 aliphatic heterocycles. The zero-order valence-electron chi connectivity index (χ0n) is 17.5. The number of thiazole rings is 1. The van der Waals surface area contributed by atoms with Crippen LogP contribution in [-0.4, -0.2) is 51.6 Å². The summed E-state index contributed by atoms with van der Waals surface area (Å²) in [4.78, 5) is 17.2. The molecule has 0 aliphatic carbocycles. The number of methoxy groups -OCH3 is 5. The third-order valence-corrected chi connectivity index (χ3v) is 5.39. The fraction of sp³-hybridized carbons (Fsp3) is 0.250. The number of nitrogens with one attached hydrogen (secondary N) is 2. The molecule has 0 bridgehead atoms. The van der Waals surface area contributed by atoms with Crippen molar-refractivity contribution in [1.29, 1.82) is 0 Å². The largest absolute Gasteiger partial charge is 0.497 e. The predicted molar refractivity (Wildman–Crippen MR) is 123 cm³/mol. The van der Waals surface area contributed by atoms with Crippen molar-refractivity contribution in [2.75, 3.05) is 40.9 Å². The van der Waals surface area contributed by atoms with Gasteiger partial charge in [0, 0.05) is 11.6 Å². The molecule has 1 amide bonds. The van der Waals surface area contributed by atoms with E-state index in [0.29, 0.717) is 39.4 Å². The Morgan fingerprint density at radius 2 is 1.55 bits per heavy atom. The van der Waals surface area contributed by atoms with E-state index in [1.807, 2.05) is 6.07 Å². The number of ether oxygens (including phenoxy) is 5. The van der Waals surface area contributed by atoms with Crippen LogP contribution < -0.4 is 34.3 Å². The molecule has 1 aromatic heterocycles. The van der Waals surface area contributed by atoms with E-state index in [0.717, 1.165) is 4.70 Å². The normalized spacial score (nSPS) is 10.4. The van der Waals surface area contributed by atoms with Gasteiger partial charge < -0.3 is 29.0 Å². The number of amides is 1. The highest BCUT2D eigenvalue weighted by Gasteiger charge is 2.18. The van der Waals surface area contributed by atoms with Crippen LogP contribution >= 0.6 is 23.6 Å². The van der Waals surface area contributed by atoms with Crippen LogP contribution in [-0.2, 0) is 0 Å². The first-order chi connectivity index (χ1) is 14.9. The van der Waals surface area contributed by atoms with E-state index >= 15 is 0 Å². The van der Waals surface area contributed by atoms with Crippen LogP contribution in [0.15, 0.2) is 24.3 Å². The van der Waals surface area contributed by atoms with Gasteiger partial charge in [0.1, 0.15) is 17.0 Å². The number of thiocarbonyl (C=S) groups is 1. The minimum atomic E-state index is -0.447. The second-order valence-corrected chi connectivity index (χ2v) is 7.46. The average Bonchev–Trinajstić information content (AvgIpc) is 3.18.